The van der Waals surface area contributed by atoms with E-state index in [9.17, 15) is 43.2 Å². The molecule has 0 saturated heterocycles. The zero-order valence-corrected chi connectivity index (χ0v) is 40.6. The van der Waals surface area contributed by atoms with Gasteiger partial charge in [0.2, 0.25) is 17.7 Å². The van der Waals surface area contributed by atoms with Gasteiger partial charge in [0.05, 0.1) is 59.3 Å². The lowest BCUT2D eigenvalue weighted by molar-refractivity contribution is -0.128. The van der Waals surface area contributed by atoms with E-state index in [-0.39, 0.29) is 223 Å². The molecule has 0 aliphatic rings. The number of hydrogen-bond acceptors (Lipinski definition) is 18. The average molecular weight is 1190 g/mol. The zero-order chi connectivity index (χ0) is 49.9. The van der Waals surface area contributed by atoms with Crippen molar-refractivity contribution < 1.29 is 85.8 Å². The molecule has 0 aromatic heterocycles. The molecule has 3 amide bonds. The predicted molar refractivity (Wildman–Crippen MR) is 343 cm³/mol. The molecule has 0 aliphatic heterocycles. The molecule has 0 unspecified atom stereocenters. The number of ketones is 6. The molecule has 0 radical (unpaired) electrons. The van der Waals surface area contributed by atoms with E-state index in [1.807, 2.05) is 0 Å². The van der Waals surface area contributed by atoms with Crippen LogP contribution in [0, 0.1) is 0 Å². The summed E-state index contributed by atoms with van der Waals surface area (Å²) in [6.45, 7) is 15.2. The third kappa shape index (κ3) is 133. The second kappa shape index (κ2) is 101. The van der Waals surface area contributed by atoms with E-state index < -0.39 is 0 Å². The van der Waals surface area contributed by atoms with Crippen molar-refractivity contribution in [1.82, 2.24) is 16.0 Å². The van der Waals surface area contributed by atoms with Gasteiger partial charge in [-0.1, -0.05) is 111 Å². The van der Waals surface area contributed by atoms with Crippen molar-refractivity contribution in [3.8, 4) is 0 Å². The van der Waals surface area contributed by atoms with Crippen LogP contribution in [0.3, 0.4) is 0 Å². The number of carbonyl (C=O) groups is 9. The Kier molecular flexibility index (Phi) is 160. The van der Waals surface area contributed by atoms with Crippen molar-refractivity contribution in [3.63, 3.8) is 0 Å². The SMILES string of the molecule is C.C.C.C.C.C.C.C.C.C.C.C.C.C.C.CC(=O)CNC(=O)COCCOCCCCCOCC(C)=O.CC(=O)CNC(=O)COCCOCCCCCOCC(C)=O.CC(=O)CNC(=O)COCCOCCCCCOCC(C)=O. The van der Waals surface area contributed by atoms with Crippen LogP contribution in [-0.2, 0) is 85.8 Å². The van der Waals surface area contributed by atoms with Gasteiger partial charge in [-0.15, -0.1) is 0 Å². The van der Waals surface area contributed by atoms with Gasteiger partial charge in [0.1, 0.15) is 57.0 Å². The molecule has 3 N–H and O–H groups in total. The Morgan fingerprint density at radius 2 is 0.370 bits per heavy atom. The lowest BCUT2D eigenvalue weighted by Gasteiger charge is -2.06. The lowest BCUT2D eigenvalue weighted by atomic mass is 10.2. The van der Waals surface area contributed by atoms with Crippen LogP contribution in [0.1, 0.15) is 211 Å². The highest BCUT2D eigenvalue weighted by atomic mass is 16.5. The van der Waals surface area contributed by atoms with Crippen LogP contribution >= 0.6 is 0 Å². The molecule has 81 heavy (non-hydrogen) atoms. The van der Waals surface area contributed by atoms with Gasteiger partial charge >= 0.3 is 0 Å². The fourth-order valence-corrected chi connectivity index (χ4v) is 4.38. The molecule has 504 valence electrons. The molecule has 0 aromatic carbocycles. The average Bonchev–Trinajstić information content (AvgIpc) is 3.25. The first kappa shape index (κ1) is 128. The van der Waals surface area contributed by atoms with E-state index in [4.69, 9.17) is 42.6 Å². The summed E-state index contributed by atoms with van der Waals surface area (Å²) in [5.41, 5.74) is 0. The van der Waals surface area contributed by atoms with E-state index in [1.165, 1.54) is 41.5 Å². The summed E-state index contributed by atoms with van der Waals surface area (Å²) in [4.78, 5) is 97.3. The number of Topliss-reactive ketones (excluding diaryl/α,β-unsaturated/α-hetero) is 6. The predicted octanol–water partition coefficient (Wildman–Crippen LogP) is 11.0. The Morgan fingerprint density at radius 3 is 0.543 bits per heavy atom. The standard InChI is InChI=1S/3C15H27NO6.15CH4/c3*1-13(17)10-16-15(19)12-22-9-8-20-6-4-3-5-7-21-11-14(2)18;;;;;;;;;;;;;;;/h3*3-12H2,1-2H3,(H,16,19);15*1H4. The first-order chi connectivity index (χ1) is 31.6. The minimum absolute atomic E-state index is 0. The van der Waals surface area contributed by atoms with Crippen molar-refractivity contribution in [2.24, 2.45) is 0 Å². The summed E-state index contributed by atoms with van der Waals surface area (Å²) in [6.07, 6.45) is 8.41. The van der Waals surface area contributed by atoms with Gasteiger partial charge < -0.3 is 58.6 Å². The third-order valence-electron chi connectivity index (χ3n) is 7.57. The summed E-state index contributed by atoms with van der Waals surface area (Å²) < 4.78 is 46.8. The Labute approximate surface area is 501 Å². The molecule has 0 atom stereocenters. The fourth-order valence-electron chi connectivity index (χ4n) is 4.38. The van der Waals surface area contributed by atoms with E-state index in [0.717, 1.165) is 57.8 Å². The van der Waals surface area contributed by atoms with E-state index in [2.05, 4.69) is 16.0 Å². The quantitative estimate of drug-likeness (QED) is 0.0478. The van der Waals surface area contributed by atoms with Crippen molar-refractivity contribution in [3.05, 3.63) is 0 Å². The van der Waals surface area contributed by atoms with Crippen molar-refractivity contribution in [2.75, 3.05) is 139 Å². The van der Waals surface area contributed by atoms with Crippen LogP contribution in [0.4, 0.5) is 0 Å². The second-order valence-corrected chi connectivity index (χ2v) is 14.9. The van der Waals surface area contributed by atoms with Gasteiger partial charge in [-0.3, -0.25) is 43.2 Å². The molecule has 0 bridgehead atoms. The highest BCUT2D eigenvalue weighted by Crippen LogP contribution is 1.99. The summed E-state index contributed by atoms with van der Waals surface area (Å²) in [7, 11) is 0. The van der Waals surface area contributed by atoms with Gasteiger partial charge in [0.25, 0.3) is 0 Å². The molecule has 0 saturated carbocycles. The van der Waals surface area contributed by atoms with Crippen molar-refractivity contribution in [1.29, 1.82) is 0 Å². The number of hydrogen-bond donors (Lipinski definition) is 3. The maximum atomic E-state index is 11.2. The Morgan fingerprint density at radius 1 is 0.210 bits per heavy atom. The van der Waals surface area contributed by atoms with Gasteiger partial charge in [0, 0.05) is 39.6 Å². The van der Waals surface area contributed by atoms with Gasteiger partial charge in [-0.05, 0) is 99.3 Å². The fraction of sp³-hybridized carbons (Fsp3) is 0.850. The molecule has 0 rings (SSSR count). The van der Waals surface area contributed by atoms with Crippen LogP contribution in [0.15, 0.2) is 0 Å². The highest BCUT2D eigenvalue weighted by molar-refractivity contribution is 5.86. The van der Waals surface area contributed by atoms with Crippen LogP contribution in [0.25, 0.3) is 0 Å². The Balaban J connectivity index is -0.0000000420. The molecule has 0 spiro atoms. The van der Waals surface area contributed by atoms with Crippen LogP contribution in [-0.4, -0.2) is 191 Å². The second-order valence-electron chi connectivity index (χ2n) is 14.9. The minimum Gasteiger partial charge on any atom is -0.379 e. The maximum Gasteiger partial charge on any atom is 0.246 e. The number of unbranched alkanes of at least 4 members (excludes halogenated alkanes) is 6. The maximum absolute atomic E-state index is 11.2. The van der Waals surface area contributed by atoms with Crippen LogP contribution < -0.4 is 16.0 Å². The van der Waals surface area contributed by atoms with E-state index in [1.54, 1.807) is 0 Å². The summed E-state index contributed by atoms with van der Waals surface area (Å²) in [5.74, 6) is -1.08. The first-order valence-corrected chi connectivity index (χ1v) is 22.5. The van der Waals surface area contributed by atoms with Crippen LogP contribution in [0.5, 0.6) is 0 Å². The molecule has 0 aliphatic carbocycles. The molecule has 0 heterocycles. The molecule has 0 aromatic rings. The van der Waals surface area contributed by atoms with Gasteiger partial charge in [0.15, 0.2) is 17.3 Å². The zero-order valence-electron chi connectivity index (χ0n) is 40.6. The number of nitrogens with one attached hydrogen (secondary N) is 3. The van der Waals surface area contributed by atoms with E-state index >= 15 is 0 Å². The monoisotopic (exact) mass is 1190 g/mol. The molecule has 21 nitrogen and oxygen atoms in total. The van der Waals surface area contributed by atoms with Gasteiger partial charge in [-0.25, -0.2) is 0 Å². The summed E-state index contributed by atoms with van der Waals surface area (Å²) in [5, 5.41) is 7.31. The number of ether oxygens (including phenoxy) is 9. The summed E-state index contributed by atoms with van der Waals surface area (Å²) in [6, 6.07) is 0. The Hall–Kier alpha value is -3.93. The molecular formula is C60H141N3O18. The molecular weight excluding hydrogens is 1050 g/mol. The smallest absolute Gasteiger partial charge is 0.246 e. The highest BCUT2D eigenvalue weighted by Gasteiger charge is 2.05. The lowest BCUT2D eigenvalue weighted by Crippen LogP contribution is -2.31. The minimum atomic E-state index is -0.305. The normalized spacial score (nSPS) is 8.52. The molecule has 0 fully saturated rings. The number of amides is 3. The van der Waals surface area contributed by atoms with Crippen molar-refractivity contribution in [2.45, 2.75) is 211 Å². The Bertz CT molecular complexity index is 1160. The van der Waals surface area contributed by atoms with Gasteiger partial charge in [-0.2, -0.15) is 0 Å². The van der Waals surface area contributed by atoms with Crippen molar-refractivity contribution >= 4 is 52.4 Å². The third-order valence-corrected chi connectivity index (χ3v) is 7.57. The number of rotatable bonds is 45. The largest absolute Gasteiger partial charge is 0.379 e. The topological polar surface area (TPSA) is 273 Å². The molecule has 21 heteroatoms. The number of carbonyl (C=O) groups excluding carboxylic acids is 9. The first-order valence-electron chi connectivity index (χ1n) is 22.5. The van der Waals surface area contributed by atoms with Crippen LogP contribution in [0.2, 0.25) is 0 Å². The summed E-state index contributed by atoms with van der Waals surface area (Å²) >= 11 is 0. The van der Waals surface area contributed by atoms with E-state index in [0.29, 0.717) is 79.3 Å².